The minimum absolute atomic E-state index is 0.0261. The standard InChI is InChI=1S/C12H18N2O4S/c1-8-4-2-3-5-9(8)14-12(15)10-6-7-11(18-10)19(13,16)17/h6-9H,2-5H2,1H3,(H,14,15)(H2,13,16,17). The van der Waals surface area contributed by atoms with Crippen LogP contribution >= 0.6 is 0 Å². The first-order chi connectivity index (χ1) is 8.88. The fourth-order valence-corrected chi connectivity index (χ4v) is 2.83. The van der Waals surface area contributed by atoms with Crippen LogP contribution in [0.5, 0.6) is 0 Å². The third-order valence-corrected chi connectivity index (χ3v) is 4.29. The second-order valence-electron chi connectivity index (χ2n) is 5.01. The molecule has 1 aromatic heterocycles. The van der Waals surface area contributed by atoms with Gasteiger partial charge in [-0.05, 0) is 30.9 Å². The van der Waals surface area contributed by atoms with E-state index in [0.29, 0.717) is 5.92 Å². The molecule has 1 aliphatic rings. The van der Waals surface area contributed by atoms with E-state index in [-0.39, 0.29) is 11.8 Å². The number of sulfonamides is 1. The van der Waals surface area contributed by atoms with E-state index in [1.54, 1.807) is 0 Å². The predicted molar refractivity (Wildman–Crippen MR) is 69.0 cm³/mol. The Kier molecular flexibility index (Phi) is 3.96. The zero-order chi connectivity index (χ0) is 14.0. The summed E-state index contributed by atoms with van der Waals surface area (Å²) in [5.41, 5.74) is 0. The lowest BCUT2D eigenvalue weighted by atomic mass is 9.86. The molecule has 19 heavy (non-hydrogen) atoms. The average Bonchev–Trinajstić information content (AvgIpc) is 2.81. The van der Waals surface area contributed by atoms with Crippen LogP contribution in [0.3, 0.4) is 0 Å². The molecule has 1 aliphatic carbocycles. The van der Waals surface area contributed by atoms with Crippen molar-refractivity contribution in [1.29, 1.82) is 0 Å². The second kappa shape index (κ2) is 5.34. The van der Waals surface area contributed by atoms with Crippen LogP contribution in [0.1, 0.15) is 43.2 Å². The third-order valence-electron chi connectivity index (χ3n) is 3.51. The van der Waals surface area contributed by atoms with Crippen LogP contribution in [0.2, 0.25) is 0 Å². The summed E-state index contributed by atoms with van der Waals surface area (Å²) in [5.74, 6) is 0.000761. The van der Waals surface area contributed by atoms with E-state index in [2.05, 4.69) is 12.2 Å². The summed E-state index contributed by atoms with van der Waals surface area (Å²) in [5, 5.41) is 7.41. The molecule has 0 spiro atoms. The zero-order valence-corrected chi connectivity index (χ0v) is 11.6. The first-order valence-corrected chi connectivity index (χ1v) is 7.86. The van der Waals surface area contributed by atoms with Gasteiger partial charge in [-0.15, -0.1) is 0 Å². The number of hydrogen-bond donors (Lipinski definition) is 2. The molecule has 1 aromatic rings. The van der Waals surface area contributed by atoms with Gasteiger partial charge in [0.25, 0.3) is 15.9 Å². The summed E-state index contributed by atoms with van der Waals surface area (Å²) in [6.45, 7) is 2.10. The fraction of sp³-hybridized carbons (Fsp3) is 0.583. The lowest BCUT2D eigenvalue weighted by molar-refractivity contribution is 0.0876. The number of nitrogens with one attached hydrogen (secondary N) is 1. The number of carbonyl (C=O) groups excluding carboxylic acids is 1. The molecule has 1 fully saturated rings. The second-order valence-corrected chi connectivity index (χ2v) is 6.50. The minimum atomic E-state index is -3.91. The van der Waals surface area contributed by atoms with E-state index in [9.17, 15) is 13.2 Å². The molecule has 106 valence electrons. The minimum Gasteiger partial charge on any atom is -0.438 e. The molecule has 0 aromatic carbocycles. The van der Waals surface area contributed by atoms with Crippen LogP contribution in [0, 0.1) is 5.92 Å². The van der Waals surface area contributed by atoms with Crippen molar-refractivity contribution in [2.45, 2.75) is 43.7 Å². The molecule has 7 heteroatoms. The monoisotopic (exact) mass is 286 g/mol. The summed E-state index contributed by atoms with van der Waals surface area (Å²) in [6, 6.07) is 2.63. The first-order valence-electron chi connectivity index (χ1n) is 6.31. The third kappa shape index (κ3) is 3.36. The maximum atomic E-state index is 12.0. The Bertz CT molecular complexity index is 564. The predicted octanol–water partition coefficient (Wildman–Crippen LogP) is 1.24. The van der Waals surface area contributed by atoms with Crippen molar-refractivity contribution in [3.05, 3.63) is 17.9 Å². The maximum Gasteiger partial charge on any atom is 0.287 e. The highest BCUT2D eigenvalue weighted by molar-refractivity contribution is 7.89. The molecule has 3 N–H and O–H groups in total. The van der Waals surface area contributed by atoms with Crippen molar-refractivity contribution in [3.8, 4) is 0 Å². The molecular weight excluding hydrogens is 268 g/mol. The van der Waals surface area contributed by atoms with Gasteiger partial charge in [0.2, 0.25) is 5.09 Å². The van der Waals surface area contributed by atoms with Crippen LogP contribution in [-0.2, 0) is 10.0 Å². The lowest BCUT2D eigenvalue weighted by Crippen LogP contribution is -2.40. The van der Waals surface area contributed by atoms with E-state index in [0.717, 1.165) is 19.3 Å². The molecule has 6 nitrogen and oxygen atoms in total. The fourth-order valence-electron chi connectivity index (χ4n) is 2.37. The summed E-state index contributed by atoms with van der Waals surface area (Å²) in [4.78, 5) is 12.0. The van der Waals surface area contributed by atoms with Crippen molar-refractivity contribution >= 4 is 15.9 Å². The lowest BCUT2D eigenvalue weighted by Gasteiger charge is -2.29. The van der Waals surface area contributed by atoms with Crippen LogP contribution in [0.25, 0.3) is 0 Å². The van der Waals surface area contributed by atoms with Crippen LogP contribution in [-0.4, -0.2) is 20.4 Å². The van der Waals surface area contributed by atoms with Gasteiger partial charge in [0.05, 0.1) is 0 Å². The van der Waals surface area contributed by atoms with Crippen molar-refractivity contribution in [2.24, 2.45) is 11.1 Å². The van der Waals surface area contributed by atoms with Gasteiger partial charge in [-0.3, -0.25) is 4.79 Å². The Hall–Kier alpha value is -1.34. The summed E-state index contributed by atoms with van der Waals surface area (Å²) in [6.07, 6.45) is 4.31. The summed E-state index contributed by atoms with van der Waals surface area (Å²) < 4.78 is 27.1. The highest BCUT2D eigenvalue weighted by atomic mass is 32.2. The highest BCUT2D eigenvalue weighted by Gasteiger charge is 2.25. The highest BCUT2D eigenvalue weighted by Crippen LogP contribution is 2.24. The number of nitrogens with two attached hydrogens (primary N) is 1. The molecule has 2 atom stereocenters. The molecule has 0 bridgehead atoms. The van der Waals surface area contributed by atoms with Gasteiger partial charge in [-0.1, -0.05) is 19.8 Å². The normalized spacial score (nSPS) is 24.1. The smallest absolute Gasteiger partial charge is 0.287 e. The Labute approximate surface area is 112 Å². The van der Waals surface area contributed by atoms with Gasteiger partial charge in [0.1, 0.15) is 0 Å². The molecule has 0 saturated heterocycles. The number of rotatable bonds is 3. The summed E-state index contributed by atoms with van der Waals surface area (Å²) in [7, 11) is -3.91. The molecule has 2 unspecified atom stereocenters. The van der Waals surface area contributed by atoms with Crippen molar-refractivity contribution in [3.63, 3.8) is 0 Å². The molecule has 1 saturated carbocycles. The van der Waals surface area contributed by atoms with Gasteiger partial charge in [-0.25, -0.2) is 13.6 Å². The van der Waals surface area contributed by atoms with Crippen LogP contribution < -0.4 is 10.5 Å². The van der Waals surface area contributed by atoms with Crippen molar-refractivity contribution in [1.82, 2.24) is 5.32 Å². The number of hydrogen-bond acceptors (Lipinski definition) is 4. The largest absolute Gasteiger partial charge is 0.438 e. The van der Waals surface area contributed by atoms with E-state index in [1.165, 1.54) is 18.6 Å². The van der Waals surface area contributed by atoms with Gasteiger partial charge in [0.15, 0.2) is 5.76 Å². The molecular formula is C12H18N2O4S. The van der Waals surface area contributed by atoms with Crippen molar-refractivity contribution in [2.75, 3.05) is 0 Å². The molecule has 1 amide bonds. The van der Waals surface area contributed by atoms with Gasteiger partial charge in [-0.2, -0.15) is 0 Å². The number of amides is 1. The molecule has 1 heterocycles. The van der Waals surface area contributed by atoms with Crippen molar-refractivity contribution < 1.29 is 17.6 Å². The average molecular weight is 286 g/mol. The van der Waals surface area contributed by atoms with Crippen LogP contribution in [0.15, 0.2) is 21.6 Å². The maximum absolute atomic E-state index is 12.0. The van der Waals surface area contributed by atoms with Gasteiger partial charge >= 0.3 is 0 Å². The first kappa shape index (κ1) is 14.1. The van der Waals surface area contributed by atoms with Crippen LogP contribution in [0.4, 0.5) is 0 Å². The Balaban J connectivity index is 2.06. The van der Waals surface area contributed by atoms with Gasteiger partial charge < -0.3 is 9.73 Å². The molecule has 0 radical (unpaired) electrons. The topological polar surface area (TPSA) is 102 Å². The molecule has 2 rings (SSSR count). The van der Waals surface area contributed by atoms with E-state index >= 15 is 0 Å². The Morgan fingerprint density at radius 3 is 2.63 bits per heavy atom. The SMILES string of the molecule is CC1CCCCC1NC(=O)c1ccc(S(N)(=O)=O)o1. The zero-order valence-electron chi connectivity index (χ0n) is 10.8. The number of carbonyl (C=O) groups is 1. The number of furan rings is 1. The number of primary sulfonamides is 1. The van der Waals surface area contributed by atoms with E-state index in [4.69, 9.17) is 9.56 Å². The Morgan fingerprint density at radius 1 is 1.37 bits per heavy atom. The Morgan fingerprint density at radius 2 is 2.05 bits per heavy atom. The van der Waals surface area contributed by atoms with E-state index in [1.807, 2.05) is 0 Å². The molecule has 0 aliphatic heterocycles. The quantitative estimate of drug-likeness (QED) is 0.872. The summed E-state index contributed by atoms with van der Waals surface area (Å²) >= 11 is 0. The van der Waals surface area contributed by atoms with Gasteiger partial charge in [0, 0.05) is 6.04 Å². The van der Waals surface area contributed by atoms with E-state index < -0.39 is 21.0 Å².